The molecule has 2 rings (SSSR count). The van der Waals surface area contributed by atoms with Crippen LogP contribution in [-0.4, -0.2) is 20.9 Å². The predicted octanol–water partition coefficient (Wildman–Crippen LogP) is 3.79. The van der Waals surface area contributed by atoms with Crippen LogP contribution in [0.25, 0.3) is 0 Å². The molecule has 0 saturated heterocycles. The summed E-state index contributed by atoms with van der Waals surface area (Å²) >= 11 is 0. The van der Waals surface area contributed by atoms with E-state index in [9.17, 15) is 13.2 Å². The summed E-state index contributed by atoms with van der Waals surface area (Å²) in [6.07, 6.45) is 0.854. The zero-order valence-corrected chi connectivity index (χ0v) is 17.8. The molecule has 1 unspecified atom stereocenters. The summed E-state index contributed by atoms with van der Waals surface area (Å²) in [5, 5.41) is 11.6. The highest BCUT2D eigenvalue weighted by Crippen LogP contribution is 2.29. The van der Waals surface area contributed by atoms with Crippen LogP contribution >= 0.6 is 0 Å². The molecule has 2 aromatic carbocycles. The van der Waals surface area contributed by atoms with Crippen LogP contribution in [-0.2, 0) is 10.0 Å². The van der Waals surface area contributed by atoms with Crippen LogP contribution in [0, 0.1) is 16.7 Å². The maximum atomic E-state index is 12.8. The highest BCUT2D eigenvalue weighted by atomic mass is 32.2. The largest absolute Gasteiger partial charge is 0.345 e. The molecule has 0 spiro atoms. The first-order valence-electron chi connectivity index (χ1n) is 9.45. The number of nitrogens with zero attached hydrogens (tertiary/aromatic N) is 1. The third-order valence-electron chi connectivity index (χ3n) is 4.28. The second-order valence-electron chi connectivity index (χ2n) is 8.03. The SMILES string of the molecule is CC(C)(C)CC(NC(=O)c1ccc(S(=O)(=O)NCCC#N)cc1)c1ccccc1. The first kappa shape index (κ1) is 22.6. The van der Waals surface area contributed by atoms with Gasteiger partial charge in [0.25, 0.3) is 5.91 Å². The van der Waals surface area contributed by atoms with E-state index < -0.39 is 10.0 Å². The van der Waals surface area contributed by atoms with Crippen molar-refractivity contribution in [3.63, 3.8) is 0 Å². The summed E-state index contributed by atoms with van der Waals surface area (Å²) in [5.74, 6) is -0.260. The highest BCUT2D eigenvalue weighted by Gasteiger charge is 2.23. The summed E-state index contributed by atoms with van der Waals surface area (Å²) in [5.41, 5.74) is 1.42. The Hall–Kier alpha value is -2.69. The van der Waals surface area contributed by atoms with E-state index in [4.69, 9.17) is 5.26 Å². The number of nitrogens with one attached hydrogen (secondary N) is 2. The van der Waals surface area contributed by atoms with Crippen LogP contribution in [0.3, 0.4) is 0 Å². The fourth-order valence-corrected chi connectivity index (χ4v) is 3.93. The summed E-state index contributed by atoms with van der Waals surface area (Å²) in [6, 6.07) is 17.3. The molecule has 1 atom stereocenters. The molecule has 0 aromatic heterocycles. The molecule has 0 aliphatic rings. The Bertz CT molecular complexity index is 957. The summed E-state index contributed by atoms with van der Waals surface area (Å²) in [7, 11) is -3.70. The summed E-state index contributed by atoms with van der Waals surface area (Å²) in [6.45, 7) is 6.41. The van der Waals surface area contributed by atoms with Crippen molar-refractivity contribution in [1.29, 1.82) is 5.26 Å². The normalized spacial score (nSPS) is 12.8. The predicted molar refractivity (Wildman–Crippen MR) is 113 cm³/mol. The molecule has 0 fully saturated rings. The number of rotatable bonds is 8. The lowest BCUT2D eigenvalue weighted by Gasteiger charge is -2.27. The molecule has 7 heteroatoms. The summed E-state index contributed by atoms with van der Waals surface area (Å²) in [4.78, 5) is 12.8. The van der Waals surface area contributed by atoms with Gasteiger partial charge in [-0.25, -0.2) is 13.1 Å². The molecule has 0 aliphatic carbocycles. The lowest BCUT2D eigenvalue weighted by atomic mass is 9.85. The van der Waals surface area contributed by atoms with Gasteiger partial charge in [0.2, 0.25) is 10.0 Å². The van der Waals surface area contributed by atoms with Crippen molar-refractivity contribution in [2.45, 2.75) is 44.6 Å². The van der Waals surface area contributed by atoms with E-state index in [1.807, 2.05) is 36.4 Å². The van der Waals surface area contributed by atoms with Crippen LogP contribution in [0.2, 0.25) is 0 Å². The van der Waals surface area contributed by atoms with Crippen molar-refractivity contribution in [2.24, 2.45) is 5.41 Å². The molecule has 154 valence electrons. The maximum Gasteiger partial charge on any atom is 0.251 e. The molecule has 0 radical (unpaired) electrons. The maximum absolute atomic E-state index is 12.8. The van der Waals surface area contributed by atoms with Gasteiger partial charge < -0.3 is 5.32 Å². The Morgan fingerprint density at radius 3 is 2.24 bits per heavy atom. The van der Waals surface area contributed by atoms with Gasteiger partial charge in [-0.2, -0.15) is 5.26 Å². The van der Waals surface area contributed by atoms with Gasteiger partial charge in [-0.15, -0.1) is 0 Å². The number of hydrogen-bond donors (Lipinski definition) is 2. The quantitative estimate of drug-likeness (QED) is 0.643. The number of hydrogen-bond acceptors (Lipinski definition) is 4. The first-order chi connectivity index (χ1) is 13.6. The number of benzene rings is 2. The lowest BCUT2D eigenvalue weighted by Crippen LogP contribution is -2.31. The smallest absolute Gasteiger partial charge is 0.251 e. The molecule has 2 aromatic rings. The minimum absolute atomic E-state index is 0.0147. The molecule has 0 heterocycles. The van der Waals surface area contributed by atoms with Crippen LogP contribution in [0.1, 0.15) is 55.6 Å². The molecule has 29 heavy (non-hydrogen) atoms. The fraction of sp³-hybridized carbons (Fsp3) is 0.364. The summed E-state index contributed by atoms with van der Waals surface area (Å²) < 4.78 is 26.7. The number of carbonyl (C=O) groups is 1. The van der Waals surface area contributed by atoms with Crippen molar-refractivity contribution >= 4 is 15.9 Å². The molecular formula is C22H27N3O3S. The Morgan fingerprint density at radius 2 is 1.69 bits per heavy atom. The van der Waals surface area contributed by atoms with Crippen LogP contribution in [0.15, 0.2) is 59.5 Å². The first-order valence-corrected chi connectivity index (χ1v) is 10.9. The average Bonchev–Trinajstić information content (AvgIpc) is 2.67. The van der Waals surface area contributed by atoms with Crippen molar-refractivity contribution in [3.8, 4) is 6.07 Å². The van der Waals surface area contributed by atoms with Crippen LogP contribution in [0.5, 0.6) is 0 Å². The van der Waals surface area contributed by atoms with E-state index in [2.05, 4.69) is 30.8 Å². The second kappa shape index (κ2) is 9.68. The fourth-order valence-electron chi connectivity index (χ4n) is 2.90. The molecule has 1 amide bonds. The Kier molecular flexibility index (Phi) is 7.54. The van der Waals surface area contributed by atoms with Gasteiger partial charge in [-0.3, -0.25) is 4.79 Å². The van der Waals surface area contributed by atoms with Crippen molar-refractivity contribution < 1.29 is 13.2 Å². The standard InChI is InChI=1S/C22H27N3O3S/c1-22(2,3)16-20(17-8-5-4-6-9-17)25-21(26)18-10-12-19(13-11-18)29(27,28)24-15-7-14-23/h4-6,8-13,20,24H,7,15-16H2,1-3H3,(H,25,26). The minimum atomic E-state index is -3.70. The van der Waals surface area contributed by atoms with Crippen molar-refractivity contribution in [2.75, 3.05) is 6.54 Å². The van der Waals surface area contributed by atoms with E-state index in [1.165, 1.54) is 24.3 Å². The average molecular weight is 414 g/mol. The van der Waals surface area contributed by atoms with Gasteiger partial charge in [0.1, 0.15) is 0 Å². The zero-order valence-electron chi connectivity index (χ0n) is 17.0. The van der Waals surface area contributed by atoms with Gasteiger partial charge in [0.15, 0.2) is 0 Å². The van der Waals surface area contributed by atoms with E-state index >= 15 is 0 Å². The molecular weight excluding hydrogens is 386 g/mol. The third-order valence-corrected chi connectivity index (χ3v) is 5.76. The van der Waals surface area contributed by atoms with Gasteiger partial charge in [-0.05, 0) is 41.7 Å². The number of nitriles is 1. The van der Waals surface area contributed by atoms with E-state index in [0.717, 1.165) is 12.0 Å². The highest BCUT2D eigenvalue weighted by molar-refractivity contribution is 7.89. The van der Waals surface area contributed by atoms with Crippen molar-refractivity contribution in [1.82, 2.24) is 10.0 Å². The lowest BCUT2D eigenvalue weighted by molar-refractivity contribution is 0.0926. The van der Waals surface area contributed by atoms with Gasteiger partial charge in [-0.1, -0.05) is 51.1 Å². The molecule has 0 bridgehead atoms. The van der Waals surface area contributed by atoms with E-state index in [0.29, 0.717) is 5.56 Å². The number of sulfonamides is 1. The van der Waals surface area contributed by atoms with Gasteiger partial charge in [0.05, 0.1) is 17.0 Å². The Labute approximate surface area is 173 Å². The second-order valence-corrected chi connectivity index (χ2v) is 9.80. The van der Waals surface area contributed by atoms with Crippen molar-refractivity contribution in [3.05, 3.63) is 65.7 Å². The third kappa shape index (κ3) is 7.00. The molecule has 6 nitrogen and oxygen atoms in total. The van der Waals surface area contributed by atoms with Crippen LogP contribution in [0.4, 0.5) is 0 Å². The molecule has 0 saturated carbocycles. The number of amides is 1. The molecule has 0 aliphatic heterocycles. The molecule has 2 N–H and O–H groups in total. The zero-order chi connectivity index (χ0) is 21.5. The topological polar surface area (TPSA) is 99.1 Å². The minimum Gasteiger partial charge on any atom is -0.345 e. The Morgan fingerprint density at radius 1 is 1.07 bits per heavy atom. The van der Waals surface area contributed by atoms with Crippen LogP contribution < -0.4 is 10.0 Å². The Balaban J connectivity index is 2.15. The number of carbonyl (C=O) groups excluding carboxylic acids is 1. The monoisotopic (exact) mass is 413 g/mol. The van der Waals surface area contributed by atoms with Gasteiger partial charge in [0, 0.05) is 18.5 Å². The van der Waals surface area contributed by atoms with E-state index in [-0.39, 0.29) is 35.2 Å². The van der Waals surface area contributed by atoms with Gasteiger partial charge >= 0.3 is 0 Å². The van der Waals surface area contributed by atoms with E-state index in [1.54, 1.807) is 0 Å².